The van der Waals surface area contributed by atoms with E-state index < -0.39 is 0 Å². The van der Waals surface area contributed by atoms with Crippen molar-refractivity contribution in [1.82, 2.24) is 9.55 Å². The second-order valence-electron chi connectivity index (χ2n) is 9.69. The van der Waals surface area contributed by atoms with Crippen LogP contribution in [0.25, 0.3) is 28.3 Å². The van der Waals surface area contributed by atoms with Gasteiger partial charge >= 0.3 is 0 Å². The molecular formula is C32H28N2O. The van der Waals surface area contributed by atoms with Crippen LogP contribution in [0.4, 0.5) is 0 Å². The number of hydrogen-bond donors (Lipinski definition) is 0. The number of ketones is 1. The molecule has 3 heteroatoms. The topological polar surface area (TPSA) is 34.9 Å². The Morgan fingerprint density at radius 2 is 1.26 bits per heavy atom. The molecule has 3 aromatic carbocycles. The summed E-state index contributed by atoms with van der Waals surface area (Å²) in [7, 11) is 0. The zero-order chi connectivity index (χ0) is 24.4. The van der Waals surface area contributed by atoms with E-state index in [1.54, 1.807) is 0 Å². The minimum absolute atomic E-state index is 0.00961. The van der Waals surface area contributed by atoms with E-state index in [2.05, 4.69) is 51.1 Å². The Balaban J connectivity index is 1.82. The second kappa shape index (κ2) is 9.19. The van der Waals surface area contributed by atoms with Crippen LogP contribution < -0.4 is 0 Å². The summed E-state index contributed by atoms with van der Waals surface area (Å²) >= 11 is 0. The van der Waals surface area contributed by atoms with Gasteiger partial charge in [-0.15, -0.1) is 0 Å². The Hall–Kier alpha value is -4.24. The lowest BCUT2D eigenvalue weighted by Crippen LogP contribution is -2.19. The third kappa shape index (κ3) is 4.45. The van der Waals surface area contributed by atoms with E-state index in [0.717, 1.165) is 33.9 Å². The number of carbonyl (C=O) groups is 1. The standard InChI is InChI=1S/C32H28N2O/c1-32(2,3)26-22-28(24-16-9-5-10-17-24)34(30(26)31(35)25-18-11-6-12-19-25)29-21-13-20-27(33-29)23-14-7-4-8-15-23/h4-22H,1-3H3. The van der Waals surface area contributed by atoms with Crippen LogP contribution in [0.15, 0.2) is 115 Å². The van der Waals surface area contributed by atoms with Crippen LogP contribution in [0.1, 0.15) is 42.4 Å². The van der Waals surface area contributed by atoms with Gasteiger partial charge in [-0.05, 0) is 34.7 Å². The molecule has 0 aliphatic carbocycles. The van der Waals surface area contributed by atoms with Crippen molar-refractivity contribution in [3.63, 3.8) is 0 Å². The Kier molecular flexibility index (Phi) is 5.92. The fraction of sp³-hybridized carbons (Fsp3) is 0.125. The van der Waals surface area contributed by atoms with Gasteiger partial charge in [-0.2, -0.15) is 0 Å². The summed E-state index contributed by atoms with van der Waals surface area (Å²) < 4.78 is 2.04. The average molecular weight is 457 g/mol. The van der Waals surface area contributed by atoms with Crippen LogP contribution in [0.5, 0.6) is 0 Å². The molecule has 0 aliphatic heterocycles. The molecule has 5 rings (SSSR count). The Labute approximate surface area is 206 Å². The molecule has 0 unspecified atom stereocenters. The third-order valence-corrected chi connectivity index (χ3v) is 6.16. The Bertz CT molecular complexity index is 1460. The molecule has 3 nitrogen and oxygen atoms in total. The van der Waals surface area contributed by atoms with Crippen LogP contribution in [-0.2, 0) is 5.41 Å². The number of nitrogens with zero attached hydrogens (tertiary/aromatic N) is 2. The lowest BCUT2D eigenvalue weighted by atomic mass is 9.85. The van der Waals surface area contributed by atoms with Crippen LogP contribution in [-0.4, -0.2) is 15.3 Å². The lowest BCUT2D eigenvalue weighted by Gasteiger charge is -2.20. The van der Waals surface area contributed by atoms with E-state index in [-0.39, 0.29) is 11.2 Å². The number of benzene rings is 3. The molecule has 2 heterocycles. The molecular weight excluding hydrogens is 428 g/mol. The van der Waals surface area contributed by atoms with E-state index in [1.165, 1.54) is 0 Å². The van der Waals surface area contributed by atoms with E-state index in [4.69, 9.17) is 4.98 Å². The summed E-state index contributed by atoms with van der Waals surface area (Å²) in [5.74, 6) is 0.713. The van der Waals surface area contributed by atoms with Gasteiger partial charge < -0.3 is 0 Å². The van der Waals surface area contributed by atoms with Gasteiger partial charge in [0.15, 0.2) is 0 Å². The maximum absolute atomic E-state index is 14.1. The van der Waals surface area contributed by atoms with Crippen LogP contribution in [0.3, 0.4) is 0 Å². The number of carbonyl (C=O) groups excluding carboxylic acids is 1. The predicted molar refractivity (Wildman–Crippen MR) is 143 cm³/mol. The Morgan fingerprint density at radius 3 is 1.86 bits per heavy atom. The molecule has 0 radical (unpaired) electrons. The SMILES string of the molecule is CC(C)(C)c1cc(-c2ccccc2)n(-c2cccc(-c3ccccc3)n2)c1C(=O)c1ccccc1. The van der Waals surface area contributed by atoms with E-state index >= 15 is 0 Å². The second-order valence-corrected chi connectivity index (χ2v) is 9.69. The molecule has 0 saturated heterocycles. The first-order valence-corrected chi connectivity index (χ1v) is 11.9. The fourth-order valence-electron chi connectivity index (χ4n) is 4.41. The van der Waals surface area contributed by atoms with E-state index in [1.807, 2.05) is 89.5 Å². The van der Waals surface area contributed by atoms with Gasteiger partial charge in [0.1, 0.15) is 5.82 Å². The first kappa shape index (κ1) is 22.5. The van der Waals surface area contributed by atoms with Crippen molar-refractivity contribution in [1.29, 1.82) is 0 Å². The highest BCUT2D eigenvalue weighted by atomic mass is 16.1. The smallest absolute Gasteiger partial charge is 0.210 e. The summed E-state index contributed by atoms with van der Waals surface area (Å²) in [5.41, 5.74) is 5.96. The molecule has 35 heavy (non-hydrogen) atoms. The predicted octanol–water partition coefficient (Wildman–Crippen LogP) is 7.73. The van der Waals surface area contributed by atoms with Crippen molar-refractivity contribution >= 4 is 5.78 Å². The minimum atomic E-state index is -0.244. The van der Waals surface area contributed by atoms with Crippen molar-refractivity contribution in [3.8, 4) is 28.3 Å². The van der Waals surface area contributed by atoms with Crippen LogP contribution >= 0.6 is 0 Å². The van der Waals surface area contributed by atoms with Crippen molar-refractivity contribution in [3.05, 3.63) is 132 Å². The van der Waals surface area contributed by atoms with Gasteiger partial charge in [-0.3, -0.25) is 9.36 Å². The average Bonchev–Trinajstić information content (AvgIpc) is 3.31. The molecule has 2 aromatic heterocycles. The fourth-order valence-corrected chi connectivity index (χ4v) is 4.41. The summed E-state index contributed by atoms with van der Waals surface area (Å²) in [6, 6.07) is 38.0. The normalized spacial score (nSPS) is 11.4. The summed E-state index contributed by atoms with van der Waals surface area (Å²) in [6.45, 7) is 6.45. The zero-order valence-corrected chi connectivity index (χ0v) is 20.3. The van der Waals surface area contributed by atoms with Gasteiger partial charge in [0.25, 0.3) is 0 Å². The van der Waals surface area contributed by atoms with Gasteiger partial charge in [-0.25, -0.2) is 4.98 Å². The molecule has 0 amide bonds. The summed E-state index contributed by atoms with van der Waals surface area (Å²) in [5, 5.41) is 0. The summed E-state index contributed by atoms with van der Waals surface area (Å²) in [4.78, 5) is 19.1. The van der Waals surface area contributed by atoms with Gasteiger partial charge in [0.05, 0.1) is 17.1 Å². The highest BCUT2D eigenvalue weighted by Gasteiger charge is 2.30. The van der Waals surface area contributed by atoms with Crippen molar-refractivity contribution in [2.24, 2.45) is 0 Å². The molecule has 0 aliphatic rings. The van der Waals surface area contributed by atoms with Crippen LogP contribution in [0.2, 0.25) is 0 Å². The molecule has 0 bridgehead atoms. The van der Waals surface area contributed by atoms with E-state index in [9.17, 15) is 4.79 Å². The van der Waals surface area contributed by atoms with Gasteiger partial charge in [0, 0.05) is 11.1 Å². The first-order chi connectivity index (χ1) is 16.9. The first-order valence-electron chi connectivity index (χ1n) is 11.9. The number of pyridine rings is 1. The molecule has 5 aromatic rings. The maximum Gasteiger partial charge on any atom is 0.210 e. The van der Waals surface area contributed by atoms with Gasteiger partial charge in [-0.1, -0.05) is 118 Å². The summed E-state index contributed by atoms with van der Waals surface area (Å²) in [6.07, 6.45) is 0. The quantitative estimate of drug-likeness (QED) is 0.254. The number of rotatable bonds is 5. The van der Waals surface area contributed by atoms with Crippen LogP contribution in [0, 0.1) is 0 Å². The largest absolute Gasteiger partial charge is 0.290 e. The number of aromatic nitrogens is 2. The third-order valence-electron chi connectivity index (χ3n) is 6.16. The van der Waals surface area contributed by atoms with Gasteiger partial charge in [0.2, 0.25) is 5.78 Å². The molecule has 0 spiro atoms. The maximum atomic E-state index is 14.1. The van der Waals surface area contributed by atoms with Crippen molar-refractivity contribution < 1.29 is 4.79 Å². The molecule has 0 fully saturated rings. The Morgan fingerprint density at radius 1 is 0.686 bits per heavy atom. The van der Waals surface area contributed by atoms with E-state index in [0.29, 0.717) is 11.3 Å². The number of hydrogen-bond acceptors (Lipinski definition) is 2. The van der Waals surface area contributed by atoms with Crippen molar-refractivity contribution in [2.45, 2.75) is 26.2 Å². The minimum Gasteiger partial charge on any atom is -0.290 e. The lowest BCUT2D eigenvalue weighted by molar-refractivity contribution is 0.103. The molecule has 0 N–H and O–H groups in total. The highest BCUT2D eigenvalue weighted by Crippen LogP contribution is 2.37. The zero-order valence-electron chi connectivity index (χ0n) is 20.3. The monoisotopic (exact) mass is 456 g/mol. The van der Waals surface area contributed by atoms with Crippen molar-refractivity contribution in [2.75, 3.05) is 0 Å². The molecule has 0 saturated carbocycles. The molecule has 172 valence electrons. The molecule has 0 atom stereocenters. The highest BCUT2D eigenvalue weighted by molar-refractivity contribution is 6.10.